The van der Waals surface area contributed by atoms with E-state index in [2.05, 4.69) is 20.9 Å². The van der Waals surface area contributed by atoms with Gasteiger partial charge in [0, 0.05) is 12.1 Å². The first-order valence-electron chi connectivity index (χ1n) is 7.22. The maximum absolute atomic E-state index is 14.4. The monoisotopic (exact) mass is 368 g/mol. The standard InChI is InChI=1S/C14H14F2N6O2S/c1-24-14(25)17-4-8-5-22(20-19-8)9-2-10(15)13(11(16)3-9)21-6-12(23)18-7-21/h2-3,5H,4,6-7H2,1H3,(H,17,25)(H,18,23). The van der Waals surface area contributed by atoms with Gasteiger partial charge in [0.25, 0.3) is 5.17 Å². The normalized spacial score (nSPS) is 13.7. The van der Waals surface area contributed by atoms with Gasteiger partial charge in [-0.1, -0.05) is 5.21 Å². The van der Waals surface area contributed by atoms with Gasteiger partial charge in [0.05, 0.1) is 38.8 Å². The summed E-state index contributed by atoms with van der Waals surface area (Å²) in [4.78, 5) is 12.5. The average Bonchev–Trinajstić information content (AvgIpc) is 3.21. The molecule has 1 aromatic carbocycles. The molecule has 0 saturated carbocycles. The number of methoxy groups -OCH3 is 1. The second-order valence-electron chi connectivity index (χ2n) is 5.21. The molecule has 132 valence electrons. The fraction of sp³-hybridized carbons (Fsp3) is 0.286. The Morgan fingerprint density at radius 2 is 2.16 bits per heavy atom. The molecule has 2 aromatic rings. The number of anilines is 1. The highest BCUT2D eigenvalue weighted by Crippen LogP contribution is 2.27. The van der Waals surface area contributed by atoms with E-state index in [-0.39, 0.29) is 42.2 Å². The number of carbonyl (C=O) groups is 1. The number of halogens is 2. The highest BCUT2D eigenvalue weighted by molar-refractivity contribution is 7.80. The van der Waals surface area contributed by atoms with E-state index in [1.54, 1.807) is 0 Å². The van der Waals surface area contributed by atoms with E-state index in [0.717, 1.165) is 12.1 Å². The van der Waals surface area contributed by atoms with Gasteiger partial charge in [-0.2, -0.15) is 0 Å². The van der Waals surface area contributed by atoms with Crippen LogP contribution in [-0.2, 0) is 16.1 Å². The zero-order chi connectivity index (χ0) is 18.0. The second-order valence-corrected chi connectivity index (χ2v) is 5.58. The Bertz CT molecular complexity index is 804. The molecule has 0 radical (unpaired) electrons. The third kappa shape index (κ3) is 3.65. The molecule has 1 aliphatic heterocycles. The largest absolute Gasteiger partial charge is 0.474 e. The lowest BCUT2D eigenvalue weighted by Crippen LogP contribution is -2.23. The molecule has 0 unspecified atom stereocenters. The highest BCUT2D eigenvalue weighted by atomic mass is 32.1. The van der Waals surface area contributed by atoms with Gasteiger partial charge in [0.2, 0.25) is 5.91 Å². The summed E-state index contributed by atoms with van der Waals surface area (Å²) in [5, 5.41) is 13.2. The van der Waals surface area contributed by atoms with E-state index < -0.39 is 11.6 Å². The highest BCUT2D eigenvalue weighted by Gasteiger charge is 2.25. The molecule has 25 heavy (non-hydrogen) atoms. The number of ether oxygens (including phenoxy) is 1. The number of amides is 1. The summed E-state index contributed by atoms with van der Waals surface area (Å²) in [5.74, 6) is -1.87. The molecule has 0 atom stereocenters. The summed E-state index contributed by atoms with van der Waals surface area (Å²) in [6.07, 6.45) is 1.51. The van der Waals surface area contributed by atoms with Crippen LogP contribution in [0.25, 0.3) is 5.69 Å². The predicted molar refractivity (Wildman–Crippen MR) is 88.1 cm³/mol. The summed E-state index contributed by atoms with van der Waals surface area (Å²) in [6.45, 7) is 0.230. The van der Waals surface area contributed by atoms with Crippen LogP contribution >= 0.6 is 12.2 Å². The molecular weight excluding hydrogens is 354 g/mol. The number of hydrogen-bond acceptors (Lipinski definition) is 6. The van der Waals surface area contributed by atoms with Gasteiger partial charge in [-0.3, -0.25) is 4.79 Å². The lowest BCUT2D eigenvalue weighted by atomic mass is 10.2. The lowest BCUT2D eigenvalue weighted by molar-refractivity contribution is -0.118. The van der Waals surface area contributed by atoms with Gasteiger partial charge < -0.3 is 20.3 Å². The van der Waals surface area contributed by atoms with E-state index in [1.165, 1.54) is 22.9 Å². The summed E-state index contributed by atoms with van der Waals surface area (Å²) in [7, 11) is 1.43. The number of nitrogens with one attached hydrogen (secondary N) is 2. The maximum atomic E-state index is 14.4. The van der Waals surface area contributed by atoms with Crippen molar-refractivity contribution >= 4 is 29.0 Å². The Morgan fingerprint density at radius 1 is 1.44 bits per heavy atom. The van der Waals surface area contributed by atoms with Crippen LogP contribution in [0.15, 0.2) is 18.3 Å². The molecule has 1 saturated heterocycles. The first kappa shape index (κ1) is 17.0. The molecule has 0 aliphatic carbocycles. The van der Waals surface area contributed by atoms with Crippen LogP contribution in [0.4, 0.5) is 14.5 Å². The van der Waals surface area contributed by atoms with E-state index in [0.29, 0.717) is 5.69 Å². The molecular formula is C14H14F2N6O2S. The lowest BCUT2D eigenvalue weighted by Gasteiger charge is -2.17. The van der Waals surface area contributed by atoms with Crippen molar-refractivity contribution in [2.24, 2.45) is 0 Å². The molecule has 2 N–H and O–H groups in total. The SMILES string of the molecule is COC(=S)NCc1cn(-c2cc(F)c(N3CNC(=O)C3)c(F)c2)nn1. The van der Waals surface area contributed by atoms with E-state index >= 15 is 0 Å². The molecule has 8 nitrogen and oxygen atoms in total. The smallest absolute Gasteiger partial charge is 0.256 e. The van der Waals surface area contributed by atoms with E-state index in [9.17, 15) is 13.6 Å². The third-order valence-corrected chi connectivity index (χ3v) is 3.84. The fourth-order valence-electron chi connectivity index (χ4n) is 2.35. The third-order valence-electron chi connectivity index (χ3n) is 3.52. The Balaban J connectivity index is 1.80. The van der Waals surface area contributed by atoms with Crippen molar-refractivity contribution in [2.75, 3.05) is 25.2 Å². The molecule has 1 fully saturated rings. The van der Waals surface area contributed by atoms with E-state index in [1.807, 2.05) is 0 Å². The van der Waals surface area contributed by atoms with Gasteiger partial charge in [-0.05, 0) is 12.2 Å². The molecule has 1 aromatic heterocycles. The van der Waals surface area contributed by atoms with Crippen LogP contribution in [0.1, 0.15) is 5.69 Å². The summed E-state index contributed by atoms with van der Waals surface area (Å²) in [6, 6.07) is 2.26. The topological polar surface area (TPSA) is 84.3 Å². The number of nitrogens with zero attached hydrogens (tertiary/aromatic N) is 4. The van der Waals surface area contributed by atoms with Crippen molar-refractivity contribution in [1.82, 2.24) is 25.6 Å². The minimum atomic E-state index is -0.790. The number of carbonyl (C=O) groups excluding carboxylic acids is 1. The molecule has 3 rings (SSSR count). The minimum absolute atomic E-state index is 0.0601. The molecule has 0 spiro atoms. The fourth-order valence-corrected chi connectivity index (χ4v) is 2.43. The van der Waals surface area contributed by atoms with Gasteiger partial charge in [0.15, 0.2) is 11.6 Å². The predicted octanol–water partition coefficient (Wildman–Crippen LogP) is 0.460. The summed E-state index contributed by atoms with van der Waals surface area (Å²) < 4.78 is 34.8. The summed E-state index contributed by atoms with van der Waals surface area (Å²) in [5.41, 5.74) is 0.429. The Hall–Kier alpha value is -2.82. The quantitative estimate of drug-likeness (QED) is 0.759. The first-order chi connectivity index (χ1) is 12.0. The number of thiocarbonyl (C=S) groups is 1. The van der Waals surface area contributed by atoms with Crippen molar-refractivity contribution in [3.05, 3.63) is 35.7 Å². The van der Waals surface area contributed by atoms with Crippen LogP contribution in [0.3, 0.4) is 0 Å². The zero-order valence-electron chi connectivity index (χ0n) is 13.1. The molecule has 11 heteroatoms. The van der Waals surface area contributed by atoms with Gasteiger partial charge >= 0.3 is 0 Å². The van der Waals surface area contributed by atoms with Crippen molar-refractivity contribution in [3.63, 3.8) is 0 Å². The zero-order valence-corrected chi connectivity index (χ0v) is 13.9. The summed E-state index contributed by atoms with van der Waals surface area (Å²) >= 11 is 4.84. The van der Waals surface area contributed by atoms with E-state index in [4.69, 9.17) is 17.0 Å². The number of rotatable bonds is 4. The van der Waals surface area contributed by atoms with Crippen molar-refractivity contribution in [3.8, 4) is 5.69 Å². The van der Waals surface area contributed by atoms with Gasteiger partial charge in [-0.25, -0.2) is 13.5 Å². The first-order valence-corrected chi connectivity index (χ1v) is 7.63. The number of benzene rings is 1. The Kier molecular flexibility index (Phi) is 4.74. The average molecular weight is 368 g/mol. The van der Waals surface area contributed by atoms with Crippen LogP contribution in [0.5, 0.6) is 0 Å². The van der Waals surface area contributed by atoms with Crippen LogP contribution < -0.4 is 15.5 Å². The Labute approximate surface area is 146 Å². The van der Waals surface area contributed by atoms with Gasteiger partial charge in [-0.15, -0.1) is 5.10 Å². The second kappa shape index (κ2) is 6.97. The van der Waals surface area contributed by atoms with Crippen molar-refractivity contribution in [1.29, 1.82) is 0 Å². The van der Waals surface area contributed by atoms with Crippen LogP contribution in [-0.4, -0.2) is 46.4 Å². The molecule has 1 aliphatic rings. The number of aromatic nitrogens is 3. The van der Waals surface area contributed by atoms with Crippen molar-refractivity contribution in [2.45, 2.75) is 6.54 Å². The molecule has 2 heterocycles. The molecule has 1 amide bonds. The van der Waals surface area contributed by atoms with Crippen molar-refractivity contribution < 1.29 is 18.3 Å². The van der Waals surface area contributed by atoms with Crippen LogP contribution in [0, 0.1) is 11.6 Å². The Morgan fingerprint density at radius 3 is 2.76 bits per heavy atom. The molecule has 0 bridgehead atoms. The van der Waals surface area contributed by atoms with Crippen LogP contribution in [0.2, 0.25) is 0 Å². The number of hydrogen-bond donors (Lipinski definition) is 2. The van der Waals surface area contributed by atoms with Gasteiger partial charge in [0.1, 0.15) is 11.4 Å². The minimum Gasteiger partial charge on any atom is -0.474 e. The maximum Gasteiger partial charge on any atom is 0.256 e.